The maximum atomic E-state index is 12.7. The predicted octanol–water partition coefficient (Wildman–Crippen LogP) is 5.42. The summed E-state index contributed by atoms with van der Waals surface area (Å²) in [6, 6.07) is 15.0. The molecule has 1 amide bonds. The third-order valence-electron chi connectivity index (χ3n) is 3.94. The molecule has 2 aromatic heterocycles. The molecule has 8 heteroatoms. The number of benzene rings is 2. The van der Waals surface area contributed by atoms with Crippen molar-refractivity contribution >= 4 is 56.6 Å². The Balaban J connectivity index is 1.70. The van der Waals surface area contributed by atoms with Crippen molar-refractivity contribution in [2.75, 3.05) is 11.6 Å². The van der Waals surface area contributed by atoms with Gasteiger partial charge in [0.2, 0.25) is 5.13 Å². The SMILES string of the molecule is CSc1cccc(C(=O)Nc2cc(C)nn2-c2nc3c(Cl)cccc3s2)c1. The second-order valence-electron chi connectivity index (χ2n) is 5.85. The van der Waals surface area contributed by atoms with Crippen molar-refractivity contribution < 1.29 is 4.79 Å². The third-order valence-corrected chi connectivity index (χ3v) is 5.97. The lowest BCUT2D eigenvalue weighted by Crippen LogP contribution is -2.15. The molecule has 0 aliphatic rings. The molecule has 0 saturated heterocycles. The highest BCUT2D eigenvalue weighted by molar-refractivity contribution is 7.98. The van der Waals surface area contributed by atoms with Gasteiger partial charge in [0.1, 0.15) is 11.3 Å². The first-order chi connectivity index (χ1) is 13.0. The summed E-state index contributed by atoms with van der Waals surface area (Å²) in [5.74, 6) is 0.383. The van der Waals surface area contributed by atoms with Gasteiger partial charge in [-0.3, -0.25) is 4.79 Å². The van der Waals surface area contributed by atoms with Crippen LogP contribution in [-0.4, -0.2) is 26.9 Å². The van der Waals surface area contributed by atoms with E-state index in [2.05, 4.69) is 15.4 Å². The fourth-order valence-electron chi connectivity index (χ4n) is 2.68. The highest BCUT2D eigenvalue weighted by Crippen LogP contribution is 2.31. The Kier molecular flexibility index (Phi) is 4.90. The quantitative estimate of drug-likeness (QED) is 0.453. The van der Waals surface area contributed by atoms with Crippen LogP contribution in [0.2, 0.25) is 5.02 Å². The van der Waals surface area contributed by atoms with Crippen LogP contribution in [0, 0.1) is 6.92 Å². The number of hydrogen-bond acceptors (Lipinski definition) is 5. The van der Waals surface area contributed by atoms with Crippen LogP contribution >= 0.6 is 34.7 Å². The summed E-state index contributed by atoms with van der Waals surface area (Å²) >= 11 is 9.31. The molecule has 0 aliphatic carbocycles. The second kappa shape index (κ2) is 7.34. The van der Waals surface area contributed by atoms with Gasteiger partial charge >= 0.3 is 0 Å². The number of nitrogens with zero attached hydrogens (tertiary/aromatic N) is 3. The lowest BCUT2D eigenvalue weighted by molar-refractivity contribution is 0.102. The van der Waals surface area contributed by atoms with Gasteiger partial charge in [0, 0.05) is 16.5 Å². The van der Waals surface area contributed by atoms with Crippen LogP contribution in [0.25, 0.3) is 15.3 Å². The fraction of sp³-hybridized carbons (Fsp3) is 0.105. The average molecular weight is 415 g/mol. The summed E-state index contributed by atoms with van der Waals surface area (Å²) in [6.07, 6.45) is 1.98. The van der Waals surface area contributed by atoms with Gasteiger partial charge in [0.05, 0.1) is 15.4 Å². The Bertz CT molecular complexity index is 1150. The van der Waals surface area contributed by atoms with E-state index in [0.717, 1.165) is 20.8 Å². The van der Waals surface area contributed by atoms with E-state index in [1.807, 2.05) is 55.6 Å². The van der Waals surface area contributed by atoms with E-state index in [1.54, 1.807) is 22.5 Å². The van der Waals surface area contributed by atoms with Crippen LogP contribution < -0.4 is 5.32 Å². The molecule has 0 atom stereocenters. The molecule has 136 valence electrons. The number of carbonyl (C=O) groups excluding carboxylic acids is 1. The molecule has 0 aliphatic heterocycles. The van der Waals surface area contributed by atoms with Crippen LogP contribution in [0.4, 0.5) is 5.82 Å². The number of aryl methyl sites for hydroxylation is 1. The number of hydrogen-bond donors (Lipinski definition) is 1. The zero-order valence-corrected chi connectivity index (χ0v) is 17.0. The number of para-hydroxylation sites is 1. The molecule has 4 aromatic rings. The van der Waals surface area contributed by atoms with Crippen molar-refractivity contribution in [3.8, 4) is 5.13 Å². The first-order valence-electron chi connectivity index (χ1n) is 8.12. The number of thioether (sulfide) groups is 1. The predicted molar refractivity (Wildman–Crippen MR) is 113 cm³/mol. The number of halogens is 1. The van der Waals surface area contributed by atoms with Crippen LogP contribution in [-0.2, 0) is 0 Å². The van der Waals surface area contributed by atoms with Gasteiger partial charge in [0.15, 0.2) is 0 Å². The molecule has 2 heterocycles. The molecule has 0 spiro atoms. The minimum absolute atomic E-state index is 0.189. The Morgan fingerprint density at radius 3 is 2.81 bits per heavy atom. The van der Waals surface area contributed by atoms with Crippen LogP contribution in [0.5, 0.6) is 0 Å². The first-order valence-corrected chi connectivity index (χ1v) is 10.5. The highest BCUT2D eigenvalue weighted by atomic mass is 35.5. The number of fused-ring (bicyclic) bond motifs is 1. The summed E-state index contributed by atoms with van der Waals surface area (Å²) in [7, 11) is 0. The van der Waals surface area contributed by atoms with E-state index < -0.39 is 0 Å². The molecule has 0 fully saturated rings. The van der Waals surface area contributed by atoms with E-state index >= 15 is 0 Å². The smallest absolute Gasteiger partial charge is 0.256 e. The lowest BCUT2D eigenvalue weighted by atomic mass is 10.2. The molecular weight excluding hydrogens is 400 g/mol. The van der Waals surface area contributed by atoms with Gasteiger partial charge in [-0.15, -0.1) is 11.8 Å². The van der Waals surface area contributed by atoms with E-state index in [-0.39, 0.29) is 5.91 Å². The first kappa shape index (κ1) is 18.0. The molecule has 1 N–H and O–H groups in total. The number of nitrogens with one attached hydrogen (secondary N) is 1. The molecule has 27 heavy (non-hydrogen) atoms. The summed E-state index contributed by atoms with van der Waals surface area (Å²) in [5, 5.41) is 8.68. The van der Waals surface area contributed by atoms with Crippen molar-refractivity contribution in [3.05, 3.63) is 64.8 Å². The molecule has 0 radical (unpaired) electrons. The van der Waals surface area contributed by atoms with Gasteiger partial charge < -0.3 is 5.32 Å². The zero-order chi connectivity index (χ0) is 19.0. The number of amides is 1. The largest absolute Gasteiger partial charge is 0.306 e. The second-order valence-corrected chi connectivity index (χ2v) is 8.15. The van der Waals surface area contributed by atoms with Gasteiger partial charge in [-0.1, -0.05) is 35.1 Å². The van der Waals surface area contributed by atoms with Crippen molar-refractivity contribution in [3.63, 3.8) is 0 Å². The molecular formula is C19H15ClN4OS2. The zero-order valence-electron chi connectivity index (χ0n) is 14.6. The minimum Gasteiger partial charge on any atom is -0.306 e. The normalized spacial score (nSPS) is 11.1. The average Bonchev–Trinajstić information content (AvgIpc) is 3.26. The molecule has 4 rings (SSSR count). The molecule has 5 nitrogen and oxygen atoms in total. The Hall–Kier alpha value is -2.35. The Morgan fingerprint density at radius 1 is 1.22 bits per heavy atom. The monoisotopic (exact) mass is 414 g/mol. The number of anilines is 1. The number of carbonyl (C=O) groups is 1. The van der Waals surface area contributed by atoms with Crippen LogP contribution in [0.3, 0.4) is 0 Å². The van der Waals surface area contributed by atoms with Crippen LogP contribution in [0.15, 0.2) is 53.4 Å². The molecule has 0 bridgehead atoms. The lowest BCUT2D eigenvalue weighted by Gasteiger charge is -2.07. The number of thiazole rings is 1. The minimum atomic E-state index is -0.189. The number of rotatable bonds is 4. The number of aromatic nitrogens is 3. The van der Waals surface area contributed by atoms with E-state index in [9.17, 15) is 4.79 Å². The third kappa shape index (κ3) is 3.58. The van der Waals surface area contributed by atoms with E-state index in [1.165, 1.54) is 11.3 Å². The van der Waals surface area contributed by atoms with E-state index in [4.69, 9.17) is 11.6 Å². The fourth-order valence-corrected chi connectivity index (χ4v) is 4.37. The van der Waals surface area contributed by atoms with Crippen molar-refractivity contribution in [2.45, 2.75) is 11.8 Å². The Labute approximate surface area is 169 Å². The van der Waals surface area contributed by atoms with Crippen molar-refractivity contribution in [1.29, 1.82) is 0 Å². The summed E-state index contributed by atoms with van der Waals surface area (Å²) < 4.78 is 2.61. The van der Waals surface area contributed by atoms with Crippen LogP contribution in [0.1, 0.15) is 16.1 Å². The molecule has 0 saturated carbocycles. The maximum Gasteiger partial charge on any atom is 0.256 e. The van der Waals surface area contributed by atoms with Crippen molar-refractivity contribution in [1.82, 2.24) is 14.8 Å². The van der Waals surface area contributed by atoms with Gasteiger partial charge in [-0.25, -0.2) is 4.98 Å². The van der Waals surface area contributed by atoms with Crippen molar-refractivity contribution in [2.24, 2.45) is 0 Å². The summed E-state index contributed by atoms with van der Waals surface area (Å²) in [4.78, 5) is 18.3. The summed E-state index contributed by atoms with van der Waals surface area (Å²) in [5.41, 5.74) is 2.12. The Morgan fingerprint density at radius 2 is 2.04 bits per heavy atom. The molecule has 2 aromatic carbocycles. The maximum absolute atomic E-state index is 12.7. The topological polar surface area (TPSA) is 59.8 Å². The summed E-state index contributed by atoms with van der Waals surface area (Å²) in [6.45, 7) is 1.88. The van der Waals surface area contributed by atoms with Gasteiger partial charge in [-0.2, -0.15) is 9.78 Å². The highest BCUT2D eigenvalue weighted by Gasteiger charge is 2.16. The molecule has 0 unspecified atom stereocenters. The van der Waals surface area contributed by atoms with Gasteiger partial charge in [0.25, 0.3) is 5.91 Å². The standard InChI is InChI=1S/C19H15ClN4OS2/c1-11-9-16(21-18(25)12-5-3-6-13(10-12)26-2)24(23-11)19-22-17-14(20)7-4-8-15(17)27-19/h3-10H,1-2H3,(H,21,25). The van der Waals surface area contributed by atoms with Gasteiger partial charge in [-0.05, 0) is 43.5 Å². The van der Waals surface area contributed by atoms with E-state index in [0.29, 0.717) is 21.5 Å².